The molecule has 0 saturated heterocycles. The molecule has 3 aromatic carbocycles. The number of methoxy groups -OCH3 is 1. The van der Waals surface area contributed by atoms with Crippen molar-refractivity contribution in [3.63, 3.8) is 0 Å². The summed E-state index contributed by atoms with van der Waals surface area (Å²) in [7, 11) is 1.64. The lowest BCUT2D eigenvalue weighted by atomic mass is 10.2. The monoisotopic (exact) mass is 445 g/mol. The van der Waals surface area contributed by atoms with Gasteiger partial charge in [0.1, 0.15) is 23.9 Å². The molecule has 4 aromatic rings. The molecule has 4 rings (SSSR count). The number of anilines is 1. The molecule has 0 fully saturated rings. The standard InChI is InChI=1S/C26H27N3O4/c1-3-4-14-32-20-10-8-19(9-11-20)26(30)27-25-23-16-22(12-13-24(23)28-29-25)33-17-18-6-5-7-21(15-18)31-2/h5-13,15-16H,3-4,14,17H2,1-2H3,(H2,27,28,29,30). The lowest BCUT2D eigenvalue weighted by Gasteiger charge is -2.08. The maximum Gasteiger partial charge on any atom is 0.256 e. The van der Waals surface area contributed by atoms with Gasteiger partial charge in [0.15, 0.2) is 5.82 Å². The van der Waals surface area contributed by atoms with Crippen molar-refractivity contribution in [2.24, 2.45) is 0 Å². The Morgan fingerprint density at radius 1 is 0.970 bits per heavy atom. The molecule has 7 nitrogen and oxygen atoms in total. The van der Waals surface area contributed by atoms with E-state index in [0.717, 1.165) is 40.8 Å². The molecule has 1 aromatic heterocycles. The number of nitrogens with one attached hydrogen (secondary N) is 2. The Balaban J connectivity index is 1.43. The third kappa shape index (κ3) is 5.63. The largest absolute Gasteiger partial charge is 0.497 e. The van der Waals surface area contributed by atoms with E-state index in [0.29, 0.717) is 30.3 Å². The zero-order chi connectivity index (χ0) is 23.0. The highest BCUT2D eigenvalue weighted by molar-refractivity contribution is 6.08. The van der Waals surface area contributed by atoms with Crippen molar-refractivity contribution in [2.75, 3.05) is 19.0 Å². The van der Waals surface area contributed by atoms with Crippen molar-refractivity contribution in [3.8, 4) is 17.2 Å². The third-order valence-corrected chi connectivity index (χ3v) is 5.19. The summed E-state index contributed by atoms with van der Waals surface area (Å²) >= 11 is 0. The molecule has 2 N–H and O–H groups in total. The van der Waals surface area contributed by atoms with Gasteiger partial charge in [-0.25, -0.2) is 0 Å². The molecule has 1 amide bonds. The minimum atomic E-state index is -0.244. The number of unbranched alkanes of at least 4 members (excludes halogenated alkanes) is 1. The Kier molecular flexibility index (Phi) is 7.09. The van der Waals surface area contributed by atoms with Crippen LogP contribution in [0.4, 0.5) is 5.82 Å². The average Bonchev–Trinajstić information content (AvgIpc) is 3.25. The summed E-state index contributed by atoms with van der Waals surface area (Å²) < 4.78 is 16.9. The van der Waals surface area contributed by atoms with Gasteiger partial charge in [-0.05, 0) is 66.6 Å². The van der Waals surface area contributed by atoms with E-state index in [4.69, 9.17) is 14.2 Å². The van der Waals surface area contributed by atoms with Gasteiger partial charge in [0.05, 0.1) is 19.2 Å². The molecule has 0 bridgehead atoms. The Morgan fingerprint density at radius 2 is 1.79 bits per heavy atom. The number of rotatable bonds is 10. The highest BCUT2D eigenvalue weighted by atomic mass is 16.5. The number of nitrogens with zero attached hydrogens (tertiary/aromatic N) is 1. The van der Waals surface area contributed by atoms with E-state index in [-0.39, 0.29) is 5.91 Å². The minimum absolute atomic E-state index is 0.244. The smallest absolute Gasteiger partial charge is 0.256 e. The summed E-state index contributed by atoms with van der Waals surface area (Å²) in [5.41, 5.74) is 2.33. The first-order chi connectivity index (χ1) is 16.2. The zero-order valence-corrected chi connectivity index (χ0v) is 18.8. The van der Waals surface area contributed by atoms with Gasteiger partial charge in [0, 0.05) is 10.9 Å². The van der Waals surface area contributed by atoms with Crippen LogP contribution < -0.4 is 19.5 Å². The molecule has 0 aliphatic heterocycles. The predicted molar refractivity (Wildman–Crippen MR) is 128 cm³/mol. The fourth-order valence-corrected chi connectivity index (χ4v) is 3.32. The number of hydrogen-bond donors (Lipinski definition) is 2. The molecule has 170 valence electrons. The topological polar surface area (TPSA) is 85.5 Å². The molecule has 0 atom stereocenters. The second-order valence-corrected chi connectivity index (χ2v) is 7.60. The Labute approximate surface area is 192 Å². The van der Waals surface area contributed by atoms with Crippen LogP contribution in [0.25, 0.3) is 10.9 Å². The van der Waals surface area contributed by atoms with Crippen LogP contribution in [0, 0.1) is 0 Å². The molecule has 7 heteroatoms. The van der Waals surface area contributed by atoms with Gasteiger partial charge in [-0.15, -0.1) is 0 Å². The van der Waals surface area contributed by atoms with Crippen LogP contribution >= 0.6 is 0 Å². The quantitative estimate of drug-likeness (QED) is 0.311. The Morgan fingerprint density at radius 3 is 2.58 bits per heavy atom. The van der Waals surface area contributed by atoms with Crippen molar-refractivity contribution >= 4 is 22.6 Å². The number of ether oxygens (including phenoxy) is 3. The van der Waals surface area contributed by atoms with Gasteiger partial charge in [0.2, 0.25) is 0 Å². The van der Waals surface area contributed by atoms with Crippen LogP contribution in [-0.2, 0) is 6.61 Å². The van der Waals surface area contributed by atoms with E-state index in [1.165, 1.54) is 0 Å². The number of carbonyl (C=O) groups excluding carboxylic acids is 1. The molecule has 33 heavy (non-hydrogen) atoms. The summed E-state index contributed by atoms with van der Waals surface area (Å²) in [6.07, 6.45) is 2.07. The van der Waals surface area contributed by atoms with Crippen LogP contribution in [0.2, 0.25) is 0 Å². The molecule has 1 heterocycles. The van der Waals surface area contributed by atoms with Crippen molar-refractivity contribution in [3.05, 3.63) is 77.9 Å². The fraction of sp³-hybridized carbons (Fsp3) is 0.231. The van der Waals surface area contributed by atoms with Crippen LogP contribution in [0.5, 0.6) is 17.2 Å². The first-order valence-corrected chi connectivity index (χ1v) is 10.9. The van der Waals surface area contributed by atoms with E-state index in [9.17, 15) is 4.79 Å². The van der Waals surface area contributed by atoms with Crippen molar-refractivity contribution in [2.45, 2.75) is 26.4 Å². The Hall–Kier alpha value is -4.00. The first kappa shape index (κ1) is 22.2. The molecule has 0 radical (unpaired) electrons. The average molecular weight is 446 g/mol. The maximum absolute atomic E-state index is 12.7. The van der Waals surface area contributed by atoms with E-state index >= 15 is 0 Å². The van der Waals surface area contributed by atoms with Crippen LogP contribution in [0.3, 0.4) is 0 Å². The van der Waals surface area contributed by atoms with Crippen molar-refractivity contribution in [1.82, 2.24) is 10.2 Å². The van der Waals surface area contributed by atoms with Crippen molar-refractivity contribution in [1.29, 1.82) is 0 Å². The maximum atomic E-state index is 12.7. The van der Waals surface area contributed by atoms with Gasteiger partial charge in [-0.2, -0.15) is 5.10 Å². The number of amides is 1. The molecule has 0 aliphatic rings. The number of aromatic amines is 1. The lowest BCUT2D eigenvalue weighted by Crippen LogP contribution is -2.12. The lowest BCUT2D eigenvalue weighted by molar-refractivity contribution is 0.102. The number of carbonyl (C=O) groups is 1. The first-order valence-electron chi connectivity index (χ1n) is 10.9. The summed E-state index contributed by atoms with van der Waals surface area (Å²) in [5.74, 6) is 2.42. The van der Waals surface area contributed by atoms with E-state index in [1.807, 2.05) is 42.5 Å². The predicted octanol–water partition coefficient (Wildman–Crippen LogP) is 5.58. The molecule has 0 saturated carbocycles. The molecular weight excluding hydrogens is 418 g/mol. The third-order valence-electron chi connectivity index (χ3n) is 5.19. The van der Waals surface area contributed by atoms with Crippen LogP contribution in [-0.4, -0.2) is 29.8 Å². The summed E-state index contributed by atoms with van der Waals surface area (Å²) in [5, 5.41) is 10.8. The second kappa shape index (κ2) is 10.5. The van der Waals surface area contributed by atoms with E-state index in [2.05, 4.69) is 22.4 Å². The number of aromatic nitrogens is 2. The van der Waals surface area contributed by atoms with Gasteiger partial charge < -0.3 is 19.5 Å². The number of benzene rings is 3. The van der Waals surface area contributed by atoms with E-state index < -0.39 is 0 Å². The molecule has 0 spiro atoms. The van der Waals surface area contributed by atoms with Gasteiger partial charge in [0.25, 0.3) is 5.91 Å². The minimum Gasteiger partial charge on any atom is -0.497 e. The molecule has 0 aliphatic carbocycles. The number of hydrogen-bond acceptors (Lipinski definition) is 5. The van der Waals surface area contributed by atoms with Gasteiger partial charge in [-0.1, -0.05) is 25.5 Å². The molecular formula is C26H27N3O4. The normalized spacial score (nSPS) is 10.7. The number of fused-ring (bicyclic) bond motifs is 1. The summed E-state index contributed by atoms with van der Waals surface area (Å²) in [6, 6.07) is 20.4. The van der Waals surface area contributed by atoms with Crippen LogP contribution in [0.1, 0.15) is 35.7 Å². The molecule has 0 unspecified atom stereocenters. The highest BCUT2D eigenvalue weighted by Crippen LogP contribution is 2.27. The van der Waals surface area contributed by atoms with Crippen LogP contribution in [0.15, 0.2) is 66.7 Å². The Bertz CT molecular complexity index is 1220. The van der Waals surface area contributed by atoms with E-state index in [1.54, 1.807) is 31.4 Å². The van der Waals surface area contributed by atoms with Crippen molar-refractivity contribution < 1.29 is 19.0 Å². The number of H-pyrrole nitrogens is 1. The SMILES string of the molecule is CCCCOc1ccc(C(=O)Nc2n[nH]c3ccc(OCc4cccc(OC)c4)cc23)cc1. The highest BCUT2D eigenvalue weighted by Gasteiger charge is 2.12. The van der Waals surface area contributed by atoms with Gasteiger partial charge in [-0.3, -0.25) is 9.89 Å². The fourth-order valence-electron chi connectivity index (χ4n) is 3.32. The summed E-state index contributed by atoms with van der Waals surface area (Å²) in [4.78, 5) is 12.7. The second-order valence-electron chi connectivity index (χ2n) is 7.60. The zero-order valence-electron chi connectivity index (χ0n) is 18.8. The summed E-state index contributed by atoms with van der Waals surface area (Å²) in [6.45, 7) is 3.18. The van der Waals surface area contributed by atoms with Gasteiger partial charge >= 0.3 is 0 Å².